The van der Waals surface area contributed by atoms with Gasteiger partial charge in [0.05, 0.1) is 6.07 Å². The number of nitrogens with zero attached hydrogens (tertiary/aromatic N) is 1. The largest absolute Gasteiger partial charge is 0.198 e. The van der Waals surface area contributed by atoms with Crippen LogP contribution in [0.5, 0.6) is 0 Å². The molecule has 1 aliphatic rings. The predicted octanol–water partition coefficient (Wildman–Crippen LogP) is 2.11. The average Bonchev–Trinajstić information content (AvgIpc) is 2.14. The first-order valence-electron chi connectivity index (χ1n) is 2.86. The van der Waals surface area contributed by atoms with Crippen molar-refractivity contribution >= 4 is 22.6 Å². The second-order valence-corrected chi connectivity index (χ2v) is 4.00. The molecule has 0 aromatic rings. The van der Waals surface area contributed by atoms with Crippen molar-refractivity contribution in [3.63, 3.8) is 0 Å². The number of halogens is 1. The molecule has 0 saturated heterocycles. The Balaban J connectivity index is 2.35. The molecule has 0 aliphatic heterocycles. The lowest BCUT2D eigenvalue weighted by Gasteiger charge is -1.92. The van der Waals surface area contributed by atoms with E-state index in [0.29, 0.717) is 5.92 Å². The standard InChI is InChI=1S/C6H8IN/c7-6-2-1-5(3-6)4-8/h5-6H,1-3H2/t5?,6-/m1/s1. The zero-order valence-corrected chi connectivity index (χ0v) is 6.76. The van der Waals surface area contributed by atoms with Crippen LogP contribution in [-0.4, -0.2) is 3.92 Å². The van der Waals surface area contributed by atoms with Crippen molar-refractivity contribution in [3.8, 4) is 6.07 Å². The first-order chi connectivity index (χ1) is 3.83. The second kappa shape index (κ2) is 2.67. The summed E-state index contributed by atoms with van der Waals surface area (Å²) in [6.45, 7) is 0. The van der Waals surface area contributed by atoms with E-state index in [-0.39, 0.29) is 0 Å². The summed E-state index contributed by atoms with van der Waals surface area (Å²) in [6, 6.07) is 2.29. The van der Waals surface area contributed by atoms with Crippen molar-refractivity contribution in [1.29, 1.82) is 5.26 Å². The zero-order chi connectivity index (χ0) is 5.98. The Morgan fingerprint density at radius 3 is 2.50 bits per heavy atom. The maximum absolute atomic E-state index is 8.43. The van der Waals surface area contributed by atoms with E-state index in [0.717, 1.165) is 16.8 Å². The van der Waals surface area contributed by atoms with Crippen LogP contribution >= 0.6 is 22.6 Å². The Morgan fingerprint density at radius 2 is 2.25 bits per heavy atom. The topological polar surface area (TPSA) is 23.8 Å². The third-order valence-corrected chi connectivity index (χ3v) is 2.68. The molecule has 44 valence electrons. The molecule has 1 nitrogen and oxygen atoms in total. The van der Waals surface area contributed by atoms with Crippen LogP contribution in [-0.2, 0) is 0 Å². The van der Waals surface area contributed by atoms with Gasteiger partial charge in [-0.25, -0.2) is 0 Å². The lowest BCUT2D eigenvalue weighted by Crippen LogP contribution is -1.89. The van der Waals surface area contributed by atoms with Crippen LogP contribution in [0.25, 0.3) is 0 Å². The molecular formula is C6H8IN. The van der Waals surface area contributed by atoms with Crippen LogP contribution in [0.4, 0.5) is 0 Å². The van der Waals surface area contributed by atoms with Crippen LogP contribution in [0.2, 0.25) is 0 Å². The Kier molecular flexibility index (Phi) is 2.12. The van der Waals surface area contributed by atoms with Crippen molar-refractivity contribution in [1.82, 2.24) is 0 Å². The van der Waals surface area contributed by atoms with Gasteiger partial charge in [-0.1, -0.05) is 22.6 Å². The molecule has 0 bridgehead atoms. The maximum atomic E-state index is 8.43. The van der Waals surface area contributed by atoms with E-state index in [4.69, 9.17) is 5.26 Å². The summed E-state index contributed by atoms with van der Waals surface area (Å²) in [5.74, 6) is 0.372. The molecule has 1 rings (SSSR count). The third-order valence-electron chi connectivity index (χ3n) is 1.55. The van der Waals surface area contributed by atoms with Gasteiger partial charge in [-0.3, -0.25) is 0 Å². The van der Waals surface area contributed by atoms with Gasteiger partial charge in [-0.15, -0.1) is 0 Å². The van der Waals surface area contributed by atoms with E-state index in [1.165, 1.54) is 6.42 Å². The molecule has 8 heavy (non-hydrogen) atoms. The molecule has 2 atom stereocenters. The minimum absolute atomic E-state index is 0.372. The summed E-state index contributed by atoms with van der Waals surface area (Å²) in [4.78, 5) is 0. The van der Waals surface area contributed by atoms with Gasteiger partial charge in [-0.05, 0) is 19.3 Å². The fourth-order valence-corrected chi connectivity index (χ4v) is 2.02. The van der Waals surface area contributed by atoms with Crippen LogP contribution in [0.3, 0.4) is 0 Å². The highest BCUT2D eigenvalue weighted by Crippen LogP contribution is 2.29. The molecule has 0 radical (unpaired) electrons. The molecular weight excluding hydrogens is 213 g/mol. The van der Waals surface area contributed by atoms with E-state index in [1.54, 1.807) is 0 Å². The number of nitriles is 1. The van der Waals surface area contributed by atoms with E-state index in [9.17, 15) is 0 Å². The van der Waals surface area contributed by atoms with Gasteiger partial charge >= 0.3 is 0 Å². The van der Waals surface area contributed by atoms with Crippen LogP contribution in [0, 0.1) is 17.2 Å². The fraction of sp³-hybridized carbons (Fsp3) is 0.833. The molecule has 0 heterocycles. The Morgan fingerprint density at radius 1 is 1.50 bits per heavy atom. The van der Waals surface area contributed by atoms with Crippen molar-refractivity contribution in [2.45, 2.75) is 23.2 Å². The van der Waals surface area contributed by atoms with E-state index in [2.05, 4.69) is 28.7 Å². The first-order valence-corrected chi connectivity index (χ1v) is 4.11. The normalized spacial score (nSPS) is 37.0. The Labute approximate surface area is 63.2 Å². The Bertz CT molecular complexity index is 116. The van der Waals surface area contributed by atoms with Gasteiger partial charge in [0, 0.05) is 9.84 Å². The highest BCUT2D eigenvalue weighted by molar-refractivity contribution is 14.1. The van der Waals surface area contributed by atoms with Crippen LogP contribution in [0.15, 0.2) is 0 Å². The van der Waals surface area contributed by atoms with Crippen LogP contribution < -0.4 is 0 Å². The lowest BCUT2D eigenvalue weighted by atomic mass is 10.1. The number of alkyl halides is 1. The monoisotopic (exact) mass is 221 g/mol. The van der Waals surface area contributed by atoms with Crippen molar-refractivity contribution in [2.24, 2.45) is 5.92 Å². The van der Waals surface area contributed by atoms with E-state index < -0.39 is 0 Å². The van der Waals surface area contributed by atoms with Gasteiger partial charge in [0.15, 0.2) is 0 Å². The fourth-order valence-electron chi connectivity index (χ4n) is 1.04. The van der Waals surface area contributed by atoms with E-state index in [1.807, 2.05) is 0 Å². The molecule has 0 amide bonds. The summed E-state index contributed by atoms with van der Waals surface area (Å²) in [7, 11) is 0. The summed E-state index contributed by atoms with van der Waals surface area (Å²) >= 11 is 2.42. The quantitative estimate of drug-likeness (QED) is 0.454. The predicted molar refractivity (Wildman–Crippen MR) is 40.8 cm³/mol. The molecule has 1 fully saturated rings. The smallest absolute Gasteiger partial charge is 0.0656 e. The molecule has 1 aliphatic carbocycles. The first kappa shape index (κ1) is 6.34. The average molecular weight is 221 g/mol. The van der Waals surface area contributed by atoms with Gasteiger partial charge in [0.25, 0.3) is 0 Å². The summed E-state index contributed by atoms with van der Waals surface area (Å²) in [6.07, 6.45) is 3.50. The zero-order valence-electron chi connectivity index (χ0n) is 4.60. The maximum Gasteiger partial charge on any atom is 0.0656 e. The van der Waals surface area contributed by atoms with Crippen molar-refractivity contribution in [3.05, 3.63) is 0 Å². The molecule has 0 aromatic heterocycles. The minimum atomic E-state index is 0.372. The SMILES string of the molecule is N#CC1CC[C@@H](I)C1. The van der Waals surface area contributed by atoms with Crippen molar-refractivity contribution < 1.29 is 0 Å². The number of rotatable bonds is 0. The molecule has 0 N–H and O–H groups in total. The summed E-state index contributed by atoms with van der Waals surface area (Å²) in [5.41, 5.74) is 0. The number of hydrogen-bond donors (Lipinski definition) is 0. The molecule has 1 unspecified atom stereocenters. The second-order valence-electron chi connectivity index (χ2n) is 2.24. The van der Waals surface area contributed by atoms with Gasteiger partial charge in [-0.2, -0.15) is 5.26 Å². The lowest BCUT2D eigenvalue weighted by molar-refractivity contribution is 0.704. The van der Waals surface area contributed by atoms with E-state index >= 15 is 0 Å². The van der Waals surface area contributed by atoms with Gasteiger partial charge in [0.1, 0.15) is 0 Å². The van der Waals surface area contributed by atoms with Gasteiger partial charge in [0.2, 0.25) is 0 Å². The van der Waals surface area contributed by atoms with Gasteiger partial charge < -0.3 is 0 Å². The summed E-state index contributed by atoms with van der Waals surface area (Å²) in [5, 5.41) is 8.43. The third kappa shape index (κ3) is 1.35. The van der Waals surface area contributed by atoms with Crippen LogP contribution in [0.1, 0.15) is 19.3 Å². The number of hydrogen-bond acceptors (Lipinski definition) is 1. The highest BCUT2D eigenvalue weighted by Gasteiger charge is 2.21. The molecule has 1 saturated carbocycles. The Hall–Kier alpha value is 0.220. The van der Waals surface area contributed by atoms with Crippen molar-refractivity contribution in [2.75, 3.05) is 0 Å². The summed E-state index contributed by atoms with van der Waals surface area (Å²) < 4.78 is 0.775. The molecule has 0 aromatic carbocycles. The minimum Gasteiger partial charge on any atom is -0.198 e. The highest BCUT2D eigenvalue weighted by atomic mass is 127. The molecule has 0 spiro atoms. The molecule has 2 heteroatoms.